The summed E-state index contributed by atoms with van der Waals surface area (Å²) < 4.78 is 112. The number of aromatic nitrogens is 4. The van der Waals surface area contributed by atoms with Crippen molar-refractivity contribution in [1.29, 1.82) is 0 Å². The number of hydrogen-bond acceptors (Lipinski definition) is 8. The molecule has 13 rings (SSSR count). The first-order valence-corrected chi connectivity index (χ1v) is 39.1. The number of fused-ring (bicyclic) bond motifs is 4. The highest BCUT2D eigenvalue weighted by atomic mass is 35.5. The number of ether oxygens (including phenoxy) is 2. The highest BCUT2D eigenvalue weighted by molar-refractivity contribution is 6.36. The molecule has 0 spiro atoms. The van der Waals surface area contributed by atoms with Gasteiger partial charge in [-0.05, 0) is 180 Å². The van der Waals surface area contributed by atoms with E-state index in [2.05, 4.69) is 0 Å². The van der Waals surface area contributed by atoms with E-state index >= 15 is 0 Å². The van der Waals surface area contributed by atoms with Crippen LogP contribution in [0.2, 0.25) is 20.1 Å². The number of pyridine rings is 4. The van der Waals surface area contributed by atoms with Crippen molar-refractivity contribution in [2.45, 2.75) is 229 Å². The Balaban J connectivity index is 0.000000150. The van der Waals surface area contributed by atoms with Crippen molar-refractivity contribution < 1.29 is 69.6 Å². The maximum Gasteiger partial charge on any atom is 0.248 e. The lowest BCUT2D eigenvalue weighted by molar-refractivity contribution is -0.0704. The number of methoxy groups -OCH3 is 1. The lowest BCUT2D eigenvalue weighted by Gasteiger charge is -2.33. The monoisotopic (exact) mass is 1540 g/mol. The zero-order chi connectivity index (χ0) is 75.2. The van der Waals surface area contributed by atoms with Gasteiger partial charge < -0.3 is 37.3 Å². The molecule has 0 amide bonds. The standard InChI is InChI=1S/C22H26ClF2NO2.C21H28ClNO3.C20H24ClF2NO2.C19H21ClF3NO/c23-18-2-1-11-26-19(16-7-12-28-13-8-16)14-17(21(18)26)20(27)4-3-15-5-9-22(24,25)10-6-15;1-26-14-9-16-15-17(20-18(22)7-6-13-23(16)20)19(24)8-12-21(25)10-4-2-3-5-11-21;1-13-9-14(12-20(22,23)11-13)4-5-18(26)16-10-15(6-8-25)24-7-2-3-17(21)19(16)24;20-16-2-1-11-24-14(7-10-21)12-15(18(16)24)17(25)4-3-13-5-8-19(22,23)9-6-13/h1-2,11,14-16H,3-10,12-13H2;6-7,13,15,25H,2-5,8-12,14H2,1H3;2-3,7,10,13-14,25H,4-6,8-9,11-12H2,1H3;1-2,11-13H,3-10H2. The average molecular weight is 1540 g/mol. The summed E-state index contributed by atoms with van der Waals surface area (Å²) >= 11 is 25.4. The van der Waals surface area contributed by atoms with Crippen molar-refractivity contribution in [3.63, 3.8) is 0 Å². The van der Waals surface area contributed by atoms with Crippen LogP contribution in [0.5, 0.6) is 0 Å². The number of aliphatic hydroxyl groups is 2. The van der Waals surface area contributed by atoms with Crippen LogP contribution in [0.25, 0.3) is 22.1 Å². The molecule has 0 aromatic carbocycles. The fourth-order valence-electron chi connectivity index (χ4n) is 16.5. The van der Waals surface area contributed by atoms with Crippen LogP contribution >= 0.6 is 46.4 Å². The number of alkyl halides is 7. The van der Waals surface area contributed by atoms with Gasteiger partial charge in [-0.15, -0.1) is 0 Å². The van der Waals surface area contributed by atoms with Crippen LogP contribution in [0.15, 0.2) is 97.6 Å². The van der Waals surface area contributed by atoms with Crippen LogP contribution in [0.4, 0.5) is 30.7 Å². The molecule has 5 aliphatic rings. The van der Waals surface area contributed by atoms with Gasteiger partial charge in [0.25, 0.3) is 0 Å². The fourth-order valence-corrected chi connectivity index (χ4v) is 17.6. The Kier molecular flexibility index (Phi) is 28.9. The fraction of sp³-hybridized carbons (Fsp3) is 0.561. The summed E-state index contributed by atoms with van der Waals surface area (Å²) in [7, 11) is 1.67. The van der Waals surface area contributed by atoms with Crippen molar-refractivity contribution in [3.05, 3.63) is 163 Å². The summed E-state index contributed by atoms with van der Waals surface area (Å²) in [6, 6.07) is 21.8. The van der Waals surface area contributed by atoms with Gasteiger partial charge in [0.15, 0.2) is 23.1 Å². The van der Waals surface area contributed by atoms with Crippen molar-refractivity contribution in [2.75, 3.05) is 40.2 Å². The topological polar surface area (TPSA) is 145 Å². The van der Waals surface area contributed by atoms with E-state index in [4.69, 9.17) is 55.9 Å². The van der Waals surface area contributed by atoms with Gasteiger partial charge in [-0.2, -0.15) is 0 Å². The van der Waals surface area contributed by atoms with E-state index < -0.39 is 30.0 Å². The summed E-state index contributed by atoms with van der Waals surface area (Å²) in [5.41, 5.74) is 8.04. The maximum atomic E-state index is 13.8. The molecule has 4 saturated carbocycles. The number of aliphatic hydroxyl groups excluding tert-OH is 1. The van der Waals surface area contributed by atoms with Crippen LogP contribution in [-0.2, 0) is 28.7 Å². The molecule has 23 heteroatoms. The lowest BCUT2D eigenvalue weighted by Crippen LogP contribution is -2.30. The molecule has 2 atom stereocenters. The molecule has 5 fully saturated rings. The lowest BCUT2D eigenvalue weighted by atomic mass is 9.77. The second-order valence-corrected chi connectivity index (χ2v) is 31.6. The molecule has 0 bridgehead atoms. The second-order valence-electron chi connectivity index (χ2n) is 30.0. The normalized spacial score (nSPS) is 19.8. The van der Waals surface area contributed by atoms with Gasteiger partial charge in [-0.3, -0.25) is 23.6 Å². The molecular weight excluding hydrogens is 1440 g/mol. The largest absolute Gasteiger partial charge is 0.396 e. The summed E-state index contributed by atoms with van der Waals surface area (Å²) in [6.45, 7) is 3.36. The van der Waals surface area contributed by atoms with Gasteiger partial charge in [-0.25, -0.2) is 26.3 Å². The summed E-state index contributed by atoms with van der Waals surface area (Å²) in [4.78, 5) is 51.5. The number of carbonyl (C=O) groups excluding carboxylic acids is 4. The predicted octanol–water partition coefficient (Wildman–Crippen LogP) is 22.2. The third kappa shape index (κ3) is 21.4. The Labute approximate surface area is 630 Å². The zero-order valence-corrected chi connectivity index (χ0v) is 63.2. The van der Waals surface area contributed by atoms with E-state index in [1.165, 1.54) is 12.8 Å². The second kappa shape index (κ2) is 37.1. The smallest absolute Gasteiger partial charge is 0.248 e. The molecule has 9 heterocycles. The number of Topliss-reactive ketones (excluding diaryl/α,β-unsaturated/α-hetero) is 4. The molecule has 105 heavy (non-hydrogen) atoms. The Hall–Kier alpha value is -5.77. The number of carbonyl (C=O) groups is 4. The molecule has 572 valence electrons. The Bertz CT molecular complexity index is 4250. The predicted molar refractivity (Wildman–Crippen MR) is 401 cm³/mol. The number of hydrogen-bond donors (Lipinski definition) is 2. The molecule has 12 nitrogen and oxygen atoms in total. The first-order chi connectivity index (χ1) is 50.2. The van der Waals surface area contributed by atoms with E-state index in [1.807, 2.05) is 75.1 Å². The Morgan fingerprint density at radius 1 is 0.514 bits per heavy atom. The Morgan fingerprint density at radius 3 is 1.34 bits per heavy atom. The van der Waals surface area contributed by atoms with Crippen molar-refractivity contribution in [3.8, 4) is 0 Å². The molecular formula is C82H99Cl4F7N4O8. The molecule has 2 unspecified atom stereocenters. The quantitative estimate of drug-likeness (QED) is 0.0346. The minimum Gasteiger partial charge on any atom is -0.396 e. The number of halogens is 11. The number of aryl methyl sites for hydroxylation is 1. The van der Waals surface area contributed by atoms with E-state index in [0.29, 0.717) is 149 Å². The third-order valence-electron chi connectivity index (χ3n) is 22.2. The van der Waals surface area contributed by atoms with Crippen LogP contribution < -0.4 is 0 Å². The van der Waals surface area contributed by atoms with Crippen LogP contribution in [0.3, 0.4) is 0 Å². The highest BCUT2D eigenvalue weighted by Gasteiger charge is 2.41. The van der Waals surface area contributed by atoms with Crippen LogP contribution in [0, 0.1) is 23.7 Å². The van der Waals surface area contributed by atoms with Crippen molar-refractivity contribution in [2.24, 2.45) is 23.7 Å². The molecule has 2 N–H and O–H groups in total. The van der Waals surface area contributed by atoms with Gasteiger partial charge in [0.05, 0.1) is 61.0 Å². The molecule has 1 aliphatic heterocycles. The van der Waals surface area contributed by atoms with Gasteiger partial charge >= 0.3 is 0 Å². The molecule has 4 aliphatic carbocycles. The molecule has 1 saturated heterocycles. The van der Waals surface area contributed by atoms with Crippen molar-refractivity contribution in [1.82, 2.24) is 17.6 Å². The van der Waals surface area contributed by atoms with Gasteiger partial charge in [0.2, 0.25) is 17.8 Å². The summed E-state index contributed by atoms with van der Waals surface area (Å²) in [6.07, 6.45) is 22.5. The van der Waals surface area contributed by atoms with Gasteiger partial charge in [-0.1, -0.05) is 79.0 Å². The van der Waals surface area contributed by atoms with E-state index in [0.717, 1.165) is 92.7 Å². The van der Waals surface area contributed by atoms with Crippen molar-refractivity contribution >= 4 is 91.6 Å². The number of ketones is 4. The zero-order valence-electron chi connectivity index (χ0n) is 60.2. The maximum absolute atomic E-state index is 13.8. The average Bonchev–Trinajstić information content (AvgIpc) is 1.65. The van der Waals surface area contributed by atoms with E-state index in [1.54, 1.807) is 54.1 Å². The van der Waals surface area contributed by atoms with Crippen LogP contribution in [-0.4, -0.2) is 115 Å². The van der Waals surface area contributed by atoms with Crippen LogP contribution in [0.1, 0.15) is 250 Å². The first kappa shape index (κ1) is 81.7. The highest BCUT2D eigenvalue weighted by Crippen LogP contribution is 2.44. The van der Waals surface area contributed by atoms with Gasteiger partial charge in [0, 0.05) is 186 Å². The number of nitrogens with zero attached hydrogens (tertiary/aromatic N) is 4. The number of rotatable bonds is 24. The molecule has 8 aromatic heterocycles. The summed E-state index contributed by atoms with van der Waals surface area (Å²) in [5.74, 6) is -7.14. The van der Waals surface area contributed by atoms with E-state index in [-0.39, 0.29) is 105 Å². The Morgan fingerprint density at radius 2 is 0.914 bits per heavy atom. The third-order valence-corrected chi connectivity index (χ3v) is 23.4. The molecule has 8 aromatic rings. The minimum atomic E-state index is -2.62. The van der Waals surface area contributed by atoms with Gasteiger partial charge in [0.1, 0.15) is 0 Å². The SMILES string of the molecule is CC1CC(CCC(=O)c2cc(CCO)n3cccc(Cl)c23)CC(F)(F)C1.COCCc1cc(C(=O)CCC2(O)CCCCCC2)c2c(Cl)cccn12.O=C(CCC1CCC(F)(F)CC1)c1cc(C2CCOCC2)n2cccc(Cl)c12.O=C(CCC1CCC(F)(F)CC1)c1cc(CCF)n2cccc(Cl)c12. The minimum absolute atomic E-state index is 0.0141. The van der Waals surface area contributed by atoms with E-state index in [9.17, 15) is 60.1 Å². The first-order valence-electron chi connectivity index (χ1n) is 37.6. The molecule has 0 radical (unpaired) electrons. The summed E-state index contributed by atoms with van der Waals surface area (Å²) in [5, 5.41) is 22.1.